The van der Waals surface area contributed by atoms with E-state index in [9.17, 15) is 14.4 Å². The number of benzene rings is 3. The zero-order valence-electron chi connectivity index (χ0n) is 20.4. The van der Waals surface area contributed by atoms with Crippen LogP contribution in [0.3, 0.4) is 0 Å². The molecule has 2 fully saturated rings. The average molecular weight is 534 g/mol. The van der Waals surface area contributed by atoms with Crippen molar-refractivity contribution in [2.45, 2.75) is 25.4 Å². The molecule has 3 aromatic carbocycles. The second-order valence-corrected chi connectivity index (χ2v) is 9.74. The Morgan fingerprint density at radius 1 is 0.895 bits per heavy atom. The molecule has 4 amide bonds. The van der Waals surface area contributed by atoms with Crippen molar-refractivity contribution in [3.8, 4) is 11.8 Å². The van der Waals surface area contributed by atoms with Crippen LogP contribution in [0.25, 0.3) is 0 Å². The number of hydrogen-bond donors (Lipinski definition) is 0. The number of imide groups is 1. The van der Waals surface area contributed by atoms with E-state index < -0.39 is 47.1 Å². The molecule has 0 spiro atoms. The normalized spacial score (nSPS) is 19.3. The number of urea groups is 1. The first-order valence-corrected chi connectivity index (χ1v) is 12.3. The lowest BCUT2D eigenvalue weighted by Crippen LogP contribution is -2.72. The number of amides is 4. The highest BCUT2D eigenvalue weighted by Crippen LogP contribution is 2.37. The lowest BCUT2D eigenvalue weighted by atomic mass is 9.88. The van der Waals surface area contributed by atoms with Gasteiger partial charge in [0, 0.05) is 35.8 Å². The van der Waals surface area contributed by atoms with Crippen LogP contribution < -0.4 is 4.90 Å². The van der Waals surface area contributed by atoms with E-state index in [-0.39, 0.29) is 25.2 Å². The second kappa shape index (κ2) is 9.92. The SMILES string of the molecule is CC12CC(=O)N(c3c(F)cc(C#Cc4ccccc4)cc3F)C(=O)N1CCN(Cc1ccccc1Cl)C2=O. The molecule has 0 radical (unpaired) electrons. The quantitative estimate of drug-likeness (QED) is 0.446. The van der Waals surface area contributed by atoms with Gasteiger partial charge in [-0.15, -0.1) is 0 Å². The fourth-order valence-corrected chi connectivity index (χ4v) is 5.02. The molecule has 2 aliphatic heterocycles. The third kappa shape index (κ3) is 4.50. The number of anilines is 1. The first-order valence-electron chi connectivity index (χ1n) is 11.9. The van der Waals surface area contributed by atoms with E-state index in [1.807, 2.05) is 6.07 Å². The zero-order valence-corrected chi connectivity index (χ0v) is 21.1. The molecular formula is C29H22ClF2N3O3. The van der Waals surface area contributed by atoms with E-state index in [1.54, 1.807) is 48.5 Å². The first kappa shape index (κ1) is 25.4. The van der Waals surface area contributed by atoms with Gasteiger partial charge in [-0.3, -0.25) is 9.59 Å². The highest BCUT2D eigenvalue weighted by Gasteiger charge is 2.55. The number of piperazine rings is 1. The molecule has 0 saturated carbocycles. The number of rotatable bonds is 3. The van der Waals surface area contributed by atoms with Gasteiger partial charge in [-0.05, 0) is 42.8 Å². The molecule has 0 N–H and O–H groups in total. The number of hydrogen-bond acceptors (Lipinski definition) is 3. The highest BCUT2D eigenvalue weighted by molar-refractivity contribution is 6.31. The fraction of sp³-hybridized carbons (Fsp3) is 0.207. The van der Waals surface area contributed by atoms with E-state index in [2.05, 4.69) is 11.8 Å². The minimum Gasteiger partial charge on any atom is -0.334 e. The van der Waals surface area contributed by atoms with E-state index in [4.69, 9.17) is 11.6 Å². The summed E-state index contributed by atoms with van der Waals surface area (Å²) < 4.78 is 30.3. The molecule has 1 atom stereocenters. The minimum absolute atomic E-state index is 0.0534. The van der Waals surface area contributed by atoms with E-state index in [0.29, 0.717) is 15.5 Å². The van der Waals surface area contributed by atoms with Gasteiger partial charge in [-0.1, -0.05) is 59.8 Å². The smallest absolute Gasteiger partial charge is 0.332 e. The van der Waals surface area contributed by atoms with Crippen molar-refractivity contribution in [3.63, 3.8) is 0 Å². The zero-order chi connectivity index (χ0) is 27.0. The van der Waals surface area contributed by atoms with Crippen molar-refractivity contribution in [2.75, 3.05) is 18.0 Å². The molecule has 3 aromatic rings. The maximum absolute atomic E-state index is 15.1. The van der Waals surface area contributed by atoms with E-state index in [1.165, 1.54) is 16.7 Å². The van der Waals surface area contributed by atoms with Crippen LogP contribution in [-0.4, -0.2) is 46.3 Å². The molecule has 0 aliphatic carbocycles. The van der Waals surface area contributed by atoms with Crippen LogP contribution in [0.2, 0.25) is 5.02 Å². The molecule has 5 rings (SSSR count). The number of fused-ring (bicyclic) bond motifs is 1. The topological polar surface area (TPSA) is 60.9 Å². The summed E-state index contributed by atoms with van der Waals surface area (Å²) in [5.74, 6) is 2.00. The summed E-state index contributed by atoms with van der Waals surface area (Å²) in [7, 11) is 0. The van der Waals surface area contributed by atoms with E-state index >= 15 is 8.78 Å². The molecule has 1 unspecified atom stereocenters. The second-order valence-electron chi connectivity index (χ2n) is 9.34. The predicted octanol–water partition coefficient (Wildman–Crippen LogP) is 4.98. The number of halogens is 3. The Morgan fingerprint density at radius 2 is 1.53 bits per heavy atom. The Labute approximate surface area is 223 Å². The first-order chi connectivity index (χ1) is 18.2. The van der Waals surface area contributed by atoms with Crippen LogP contribution in [0.15, 0.2) is 66.7 Å². The summed E-state index contributed by atoms with van der Waals surface area (Å²) in [6, 6.07) is 17.0. The maximum Gasteiger partial charge on any atom is 0.332 e. The van der Waals surface area contributed by atoms with Gasteiger partial charge in [0.15, 0.2) is 11.6 Å². The molecule has 9 heteroatoms. The molecule has 2 aliphatic rings. The Kier molecular flexibility index (Phi) is 6.64. The van der Waals surface area contributed by atoms with Gasteiger partial charge in [0.25, 0.3) is 0 Å². The third-order valence-electron chi connectivity index (χ3n) is 6.79. The Hall–Kier alpha value is -4.22. The third-order valence-corrected chi connectivity index (χ3v) is 7.16. The molecular weight excluding hydrogens is 512 g/mol. The van der Waals surface area contributed by atoms with Gasteiger partial charge in [0.05, 0.1) is 6.42 Å². The van der Waals surface area contributed by atoms with Gasteiger partial charge >= 0.3 is 6.03 Å². The lowest BCUT2D eigenvalue weighted by Gasteiger charge is -2.51. The number of nitrogens with zero attached hydrogens (tertiary/aromatic N) is 3. The van der Waals surface area contributed by atoms with Crippen LogP contribution >= 0.6 is 11.6 Å². The van der Waals surface area contributed by atoms with Crippen molar-refractivity contribution < 1.29 is 23.2 Å². The summed E-state index contributed by atoms with van der Waals surface area (Å²) >= 11 is 6.25. The van der Waals surface area contributed by atoms with Crippen molar-refractivity contribution in [1.82, 2.24) is 9.80 Å². The summed E-state index contributed by atoms with van der Waals surface area (Å²) in [4.78, 5) is 43.3. The van der Waals surface area contributed by atoms with Crippen LogP contribution in [0, 0.1) is 23.5 Å². The molecule has 2 heterocycles. The van der Waals surface area contributed by atoms with Gasteiger partial charge in [0.2, 0.25) is 11.8 Å². The molecule has 6 nitrogen and oxygen atoms in total. The van der Waals surface area contributed by atoms with Gasteiger partial charge in [-0.25, -0.2) is 18.5 Å². The van der Waals surface area contributed by atoms with Crippen molar-refractivity contribution in [2.24, 2.45) is 0 Å². The largest absolute Gasteiger partial charge is 0.334 e. The van der Waals surface area contributed by atoms with Crippen molar-refractivity contribution in [3.05, 3.63) is 100 Å². The van der Waals surface area contributed by atoms with Gasteiger partial charge in [0.1, 0.15) is 11.2 Å². The van der Waals surface area contributed by atoms with Crippen molar-refractivity contribution >= 4 is 35.1 Å². The fourth-order valence-electron chi connectivity index (χ4n) is 4.82. The standard InChI is InChI=1S/C29H22ClF2N3O3/c1-29-17-25(36)35(26-23(31)15-20(16-24(26)32)12-11-19-7-3-2-4-8-19)28(38)34(29)14-13-33(27(29)37)18-21-9-5-6-10-22(21)30/h2-10,15-16H,13-14,17-18H2,1H3. The average Bonchev–Trinajstić information content (AvgIpc) is 2.88. The van der Waals surface area contributed by atoms with Gasteiger partial charge in [-0.2, -0.15) is 0 Å². The van der Waals surface area contributed by atoms with Crippen LogP contribution in [-0.2, 0) is 16.1 Å². The number of carbonyl (C=O) groups is 3. The van der Waals surface area contributed by atoms with Crippen molar-refractivity contribution in [1.29, 1.82) is 0 Å². The molecule has 192 valence electrons. The summed E-state index contributed by atoms with van der Waals surface area (Å²) in [5, 5.41) is 0.498. The lowest BCUT2D eigenvalue weighted by molar-refractivity contribution is -0.152. The summed E-state index contributed by atoms with van der Waals surface area (Å²) in [6.45, 7) is 1.96. The molecule has 0 aromatic heterocycles. The monoisotopic (exact) mass is 533 g/mol. The maximum atomic E-state index is 15.1. The Balaban J connectivity index is 1.41. The van der Waals surface area contributed by atoms with Crippen LogP contribution in [0.5, 0.6) is 0 Å². The molecule has 0 bridgehead atoms. The predicted molar refractivity (Wildman–Crippen MR) is 138 cm³/mol. The number of carbonyl (C=O) groups excluding carboxylic acids is 3. The van der Waals surface area contributed by atoms with Crippen LogP contribution in [0.1, 0.15) is 30.0 Å². The van der Waals surface area contributed by atoms with Crippen LogP contribution in [0.4, 0.5) is 19.3 Å². The highest BCUT2D eigenvalue weighted by atomic mass is 35.5. The summed E-state index contributed by atoms with van der Waals surface area (Å²) in [6.07, 6.45) is -0.426. The van der Waals surface area contributed by atoms with E-state index in [0.717, 1.165) is 17.7 Å². The minimum atomic E-state index is -1.49. The molecule has 38 heavy (non-hydrogen) atoms. The Morgan fingerprint density at radius 3 is 2.21 bits per heavy atom. The van der Waals surface area contributed by atoms with Gasteiger partial charge < -0.3 is 9.80 Å². The summed E-state index contributed by atoms with van der Waals surface area (Å²) in [5.41, 5.74) is -0.820. The Bertz CT molecular complexity index is 1500. The molecule has 2 saturated heterocycles.